The Balaban J connectivity index is 1.07. The van der Waals surface area contributed by atoms with Gasteiger partial charge in [-0.3, -0.25) is 18.7 Å². The molecule has 0 aliphatic heterocycles. The van der Waals surface area contributed by atoms with Crippen LogP contribution in [0, 0.1) is 79.8 Å². The van der Waals surface area contributed by atoms with E-state index in [1.165, 1.54) is 0 Å². The molecule has 14 atom stereocenters. The SMILES string of the molecule is C[C@]12C=CC(=O)C=C1CCC1C2[C@](O)(C[Si](C)(C)OOO[Si](C)(C)C[C@@]2(O)C[C@@]3(C)C(CC[C@@]3(O)C#N)C3CCC4=CC(=O)C=C[C@]4(C)C32)C[C@@]2(C)C1CC[C@@]2(C#N)O[Si](C)(C)CCl. The molecule has 3 N–H and O–H groups in total. The van der Waals surface area contributed by atoms with Crippen molar-refractivity contribution in [3.8, 4) is 12.1 Å². The summed E-state index contributed by atoms with van der Waals surface area (Å²) in [6, 6.07) is 5.40. The maximum Gasteiger partial charge on any atom is 0.240 e. The molecule has 0 aromatic carbocycles. The van der Waals surface area contributed by atoms with Gasteiger partial charge in [0.1, 0.15) is 5.60 Å². The zero-order chi connectivity index (χ0) is 47.0. The Morgan fingerprint density at radius 1 is 0.688 bits per heavy atom. The standard InChI is InChI=1S/C49H71ClN2O9Si3/c1-42-19-15-34(53)23-32(42)11-13-36-38-17-21-48(57,27-51)44(38,3)25-46(55,40(36)42)29-62(5,6)60-59-61-63(7,8)30-47(56)26-45(4)39(18-22-49(45,28-52)58-64(9,10)31-50)37-14-12-33-24-35(54)16-20-43(33,2)41(37)47/h15-16,19-20,23-24,36-41,55-57H,11-14,17-18,21-22,25-26,29-31H2,1-10H3/t36?,37?,38?,39?,40?,41?,42-,43-,44-,45-,46-,47+,48+,49-/m0/s1. The number of hydrogen-bond donors (Lipinski definition) is 3. The van der Waals surface area contributed by atoms with Crippen molar-refractivity contribution < 1.29 is 43.5 Å². The first-order chi connectivity index (χ1) is 29.5. The molecule has 8 rings (SSSR count). The minimum Gasteiger partial charge on any atom is -0.398 e. The second kappa shape index (κ2) is 15.5. The lowest BCUT2D eigenvalue weighted by Gasteiger charge is -2.64. The summed E-state index contributed by atoms with van der Waals surface area (Å²) in [5, 5.41) is 66.1. The summed E-state index contributed by atoms with van der Waals surface area (Å²) in [7, 11) is -8.50. The molecule has 0 heterocycles. The number of nitrogens with zero attached hydrogens (tertiary/aromatic N) is 2. The summed E-state index contributed by atoms with van der Waals surface area (Å²) >= 11 is 6.48. The van der Waals surface area contributed by atoms with Crippen molar-refractivity contribution in [1.29, 1.82) is 10.5 Å². The first-order valence-electron chi connectivity index (χ1n) is 23.7. The van der Waals surface area contributed by atoms with E-state index in [1.807, 2.05) is 58.4 Å². The quantitative estimate of drug-likeness (QED) is 0.0592. The second-order valence-electron chi connectivity index (χ2n) is 24.4. The van der Waals surface area contributed by atoms with Gasteiger partial charge in [-0.15, -0.1) is 11.6 Å². The van der Waals surface area contributed by atoms with Crippen molar-refractivity contribution in [2.45, 2.75) is 166 Å². The highest BCUT2D eigenvalue weighted by molar-refractivity contribution is 6.77. The minimum atomic E-state index is -3.03. The molecule has 64 heavy (non-hydrogen) atoms. The van der Waals surface area contributed by atoms with Gasteiger partial charge in [-0.1, -0.05) is 56.0 Å². The van der Waals surface area contributed by atoms with E-state index in [4.69, 9.17) is 30.2 Å². The predicted molar refractivity (Wildman–Crippen MR) is 250 cm³/mol. The van der Waals surface area contributed by atoms with E-state index in [0.29, 0.717) is 37.6 Å². The van der Waals surface area contributed by atoms with Gasteiger partial charge < -0.3 is 19.7 Å². The Kier molecular flexibility index (Phi) is 11.7. The highest BCUT2D eigenvalue weighted by Crippen LogP contribution is 2.73. The molecule has 0 bridgehead atoms. The number of carbonyl (C=O) groups is 2. The van der Waals surface area contributed by atoms with Crippen LogP contribution in [0.25, 0.3) is 0 Å². The third-order valence-corrected chi connectivity index (χ3v) is 26.1. The molecule has 0 amide bonds. The van der Waals surface area contributed by atoms with Gasteiger partial charge in [0, 0.05) is 39.0 Å². The molecule has 11 nitrogen and oxygen atoms in total. The van der Waals surface area contributed by atoms with Crippen molar-refractivity contribution in [1.82, 2.24) is 0 Å². The summed E-state index contributed by atoms with van der Waals surface area (Å²) < 4.78 is 19.7. The van der Waals surface area contributed by atoms with Crippen LogP contribution in [0.15, 0.2) is 47.6 Å². The normalized spacial score (nSPS) is 46.1. The smallest absolute Gasteiger partial charge is 0.240 e. The van der Waals surface area contributed by atoms with Gasteiger partial charge >= 0.3 is 0 Å². The fourth-order valence-electron chi connectivity index (χ4n) is 16.5. The maximum absolute atomic E-state index is 13.6. The van der Waals surface area contributed by atoms with E-state index >= 15 is 0 Å². The Morgan fingerprint density at radius 2 is 1.14 bits per heavy atom. The molecule has 6 saturated carbocycles. The van der Waals surface area contributed by atoms with E-state index in [2.05, 4.69) is 32.9 Å². The van der Waals surface area contributed by atoms with Crippen LogP contribution in [-0.4, -0.2) is 79.7 Å². The largest absolute Gasteiger partial charge is 0.398 e. The highest BCUT2D eigenvalue weighted by atomic mass is 35.5. The van der Waals surface area contributed by atoms with E-state index in [9.17, 15) is 35.4 Å². The number of fused-ring (bicyclic) bond motifs is 10. The first kappa shape index (κ1) is 48.4. The lowest BCUT2D eigenvalue weighted by molar-refractivity contribution is -0.429. The van der Waals surface area contributed by atoms with Crippen LogP contribution in [0.5, 0.6) is 0 Å². The third kappa shape index (κ3) is 7.30. The third-order valence-electron chi connectivity index (χ3n) is 18.6. The number of rotatable bonds is 11. The molecule has 6 fully saturated rings. The molecule has 350 valence electrons. The molecule has 0 aromatic rings. The molecule has 0 aromatic heterocycles. The number of alkyl halides is 1. The number of ketones is 2. The van der Waals surface area contributed by atoms with E-state index in [-0.39, 0.29) is 65.6 Å². The van der Waals surface area contributed by atoms with Gasteiger partial charge in [0.2, 0.25) is 25.0 Å². The van der Waals surface area contributed by atoms with Crippen molar-refractivity contribution in [3.63, 3.8) is 0 Å². The lowest BCUT2D eigenvalue weighted by Crippen LogP contribution is -2.67. The Hall–Kier alpha value is -2.06. The number of carbonyl (C=O) groups excluding carboxylic acids is 2. The van der Waals surface area contributed by atoms with Gasteiger partial charge in [0.15, 0.2) is 17.2 Å². The van der Waals surface area contributed by atoms with Gasteiger partial charge in [-0.2, -0.15) is 10.5 Å². The van der Waals surface area contributed by atoms with Crippen molar-refractivity contribution in [2.24, 2.45) is 57.2 Å². The molecule has 0 saturated heterocycles. The maximum atomic E-state index is 13.6. The number of nitriles is 2. The van der Waals surface area contributed by atoms with Crippen LogP contribution in [-0.2, 0) is 28.2 Å². The van der Waals surface area contributed by atoms with Crippen LogP contribution in [0.4, 0.5) is 0 Å². The molecule has 15 heteroatoms. The Morgan fingerprint density at radius 3 is 1.59 bits per heavy atom. The van der Waals surface area contributed by atoms with Crippen molar-refractivity contribution in [3.05, 3.63) is 47.6 Å². The number of hydrogen-bond acceptors (Lipinski definition) is 11. The predicted octanol–water partition coefficient (Wildman–Crippen LogP) is 9.09. The Bertz CT molecular complexity index is 2200. The number of allylic oxidation sites excluding steroid dienone is 8. The fraction of sp³-hybridized carbons (Fsp3) is 0.755. The van der Waals surface area contributed by atoms with Crippen LogP contribution in [0.2, 0.25) is 51.4 Å². The highest BCUT2D eigenvalue weighted by Gasteiger charge is 2.73. The minimum absolute atomic E-state index is 0.00322. The summed E-state index contributed by atoms with van der Waals surface area (Å²) in [4.78, 5) is 25.4. The van der Waals surface area contributed by atoms with Crippen LogP contribution in [0.3, 0.4) is 0 Å². The van der Waals surface area contributed by atoms with Gasteiger partial charge in [0.25, 0.3) is 0 Å². The zero-order valence-electron chi connectivity index (χ0n) is 39.7. The van der Waals surface area contributed by atoms with Crippen LogP contribution >= 0.6 is 11.6 Å². The van der Waals surface area contributed by atoms with Gasteiger partial charge in [-0.05, 0) is 164 Å². The summed E-state index contributed by atoms with van der Waals surface area (Å²) in [5.74, 6) is -0.460. The zero-order valence-corrected chi connectivity index (χ0v) is 43.4. The second-order valence-corrected chi connectivity index (χ2v) is 37.3. The molecular weight excluding hydrogens is 880 g/mol. The number of halogens is 1. The molecular formula is C49H71ClN2O9Si3. The topological polar surface area (TPSA) is 179 Å². The molecule has 8 aliphatic carbocycles. The van der Waals surface area contributed by atoms with Gasteiger partial charge in [0.05, 0.1) is 23.3 Å². The summed E-state index contributed by atoms with van der Waals surface area (Å²) in [6.07, 6.45) is 16.6. The molecule has 8 aliphatic rings. The van der Waals surface area contributed by atoms with Crippen molar-refractivity contribution in [2.75, 3.05) is 5.50 Å². The summed E-state index contributed by atoms with van der Waals surface area (Å²) in [5.41, 5.74) is -5.78. The summed E-state index contributed by atoms with van der Waals surface area (Å²) in [6.45, 7) is 20.4. The Labute approximate surface area is 388 Å². The molecule has 0 spiro atoms. The molecule has 0 radical (unpaired) electrons. The van der Waals surface area contributed by atoms with Crippen LogP contribution in [0.1, 0.15) is 91.9 Å². The van der Waals surface area contributed by atoms with E-state index in [1.54, 1.807) is 24.3 Å². The van der Waals surface area contributed by atoms with E-state index < -0.39 is 69.0 Å². The monoisotopic (exact) mass is 950 g/mol. The first-order valence-corrected chi connectivity index (χ1v) is 33.6. The molecule has 6 unspecified atom stereocenters. The average molecular weight is 952 g/mol. The average Bonchev–Trinajstić information content (AvgIpc) is 3.61. The lowest BCUT2D eigenvalue weighted by atomic mass is 9.43. The van der Waals surface area contributed by atoms with E-state index in [0.717, 1.165) is 36.8 Å². The number of aliphatic hydroxyl groups is 3. The van der Waals surface area contributed by atoms with Crippen LogP contribution < -0.4 is 0 Å². The van der Waals surface area contributed by atoms with Crippen molar-refractivity contribution >= 4 is 48.1 Å². The van der Waals surface area contributed by atoms with Gasteiger partial charge in [-0.25, -0.2) is 0 Å². The fourth-order valence-corrected chi connectivity index (χ4v) is 22.3.